The molecule has 9 heteroatoms. The minimum Gasteiger partial charge on any atom is -0.345 e. The van der Waals surface area contributed by atoms with Crippen molar-refractivity contribution < 1.29 is 21.6 Å². The molecule has 0 saturated carbocycles. The highest BCUT2D eigenvalue weighted by Crippen LogP contribution is 2.06. The average molecular weight is 312 g/mol. The second kappa shape index (κ2) is 6.19. The first-order chi connectivity index (χ1) is 8.59. The van der Waals surface area contributed by atoms with Gasteiger partial charge in [0.15, 0.2) is 9.84 Å². The summed E-state index contributed by atoms with van der Waals surface area (Å²) in [5, 5.41) is 2.99. The lowest BCUT2D eigenvalue weighted by Crippen LogP contribution is -2.47. The van der Waals surface area contributed by atoms with Gasteiger partial charge in [-0.1, -0.05) is 0 Å². The van der Waals surface area contributed by atoms with Gasteiger partial charge < -0.3 is 10.2 Å². The third-order valence-electron chi connectivity index (χ3n) is 2.95. The van der Waals surface area contributed by atoms with Crippen molar-refractivity contribution in [2.45, 2.75) is 12.5 Å². The topological polar surface area (TPSA) is 101 Å². The molecular weight excluding hydrogens is 292 g/mol. The van der Waals surface area contributed by atoms with Crippen LogP contribution in [0.3, 0.4) is 0 Å². The van der Waals surface area contributed by atoms with Crippen LogP contribution < -0.4 is 5.32 Å². The molecule has 0 aromatic carbocycles. The summed E-state index contributed by atoms with van der Waals surface area (Å²) in [4.78, 5) is 13.2. The predicted molar refractivity (Wildman–Crippen MR) is 72.4 cm³/mol. The van der Waals surface area contributed by atoms with Crippen molar-refractivity contribution in [1.29, 1.82) is 0 Å². The molecule has 1 rings (SSSR count). The predicted octanol–water partition coefficient (Wildman–Crippen LogP) is -1.73. The normalized spacial score (nSPS) is 22.9. The lowest BCUT2D eigenvalue weighted by molar-refractivity contribution is -0.130. The molecule has 0 aromatic heterocycles. The minimum absolute atomic E-state index is 0.0430. The molecule has 1 amide bonds. The summed E-state index contributed by atoms with van der Waals surface area (Å²) in [6, 6.07) is -0.382. The summed E-state index contributed by atoms with van der Waals surface area (Å²) in [5.74, 6) is -0.287. The third kappa shape index (κ3) is 6.35. The Balaban J connectivity index is 2.46. The maximum absolute atomic E-state index is 11.8. The Morgan fingerprint density at radius 1 is 1.42 bits per heavy atom. The Morgan fingerprint density at radius 2 is 2.05 bits per heavy atom. The summed E-state index contributed by atoms with van der Waals surface area (Å²) in [6.07, 6.45) is 1.18. The third-order valence-corrected chi connectivity index (χ3v) is 5.61. The van der Waals surface area contributed by atoms with Gasteiger partial charge in [-0.15, -0.1) is 0 Å². The van der Waals surface area contributed by atoms with Crippen LogP contribution in [-0.4, -0.2) is 77.3 Å². The highest BCUT2D eigenvalue weighted by Gasteiger charge is 2.27. The van der Waals surface area contributed by atoms with Crippen LogP contribution in [0.25, 0.3) is 0 Å². The maximum atomic E-state index is 11.8. The molecule has 0 bridgehead atoms. The highest BCUT2D eigenvalue weighted by atomic mass is 32.2. The van der Waals surface area contributed by atoms with Crippen LogP contribution >= 0.6 is 0 Å². The van der Waals surface area contributed by atoms with Crippen LogP contribution in [0.15, 0.2) is 0 Å². The van der Waals surface area contributed by atoms with Crippen molar-refractivity contribution >= 4 is 25.6 Å². The monoisotopic (exact) mass is 312 g/mol. The van der Waals surface area contributed by atoms with Gasteiger partial charge in [-0.2, -0.15) is 0 Å². The van der Waals surface area contributed by atoms with Crippen LogP contribution in [0.2, 0.25) is 0 Å². The molecule has 1 unspecified atom stereocenters. The Labute approximate surface area is 114 Å². The van der Waals surface area contributed by atoms with Crippen LogP contribution in [0.5, 0.6) is 0 Å². The molecule has 0 aliphatic carbocycles. The zero-order valence-electron chi connectivity index (χ0n) is 11.1. The van der Waals surface area contributed by atoms with Crippen molar-refractivity contribution in [2.24, 2.45) is 0 Å². The van der Waals surface area contributed by atoms with E-state index in [1.807, 2.05) is 0 Å². The number of nitrogens with one attached hydrogen (secondary N) is 1. The Morgan fingerprint density at radius 3 is 2.58 bits per heavy atom. The summed E-state index contributed by atoms with van der Waals surface area (Å²) in [5.41, 5.74) is 0. The fraction of sp³-hybridized carbons (Fsp3) is 0.900. The molecule has 1 fully saturated rings. The lowest BCUT2D eigenvalue weighted by atomic mass is 10.2. The molecule has 1 saturated heterocycles. The van der Waals surface area contributed by atoms with E-state index in [1.165, 1.54) is 11.9 Å². The van der Waals surface area contributed by atoms with E-state index in [1.54, 1.807) is 0 Å². The summed E-state index contributed by atoms with van der Waals surface area (Å²) in [6.45, 7) is 0.477. The number of carbonyl (C=O) groups is 1. The Bertz CT molecular complexity index is 526. The van der Waals surface area contributed by atoms with Crippen LogP contribution in [0, 0.1) is 0 Å². The van der Waals surface area contributed by atoms with E-state index in [0.717, 1.165) is 6.26 Å². The van der Waals surface area contributed by atoms with E-state index >= 15 is 0 Å². The quantitative estimate of drug-likeness (QED) is 0.647. The highest BCUT2D eigenvalue weighted by molar-refractivity contribution is 7.91. The molecule has 0 spiro atoms. The maximum Gasteiger partial charge on any atom is 0.223 e. The molecule has 7 nitrogen and oxygen atoms in total. The van der Waals surface area contributed by atoms with Crippen molar-refractivity contribution in [3.05, 3.63) is 0 Å². The van der Waals surface area contributed by atoms with Crippen molar-refractivity contribution in [3.8, 4) is 0 Å². The molecule has 0 radical (unpaired) electrons. The van der Waals surface area contributed by atoms with E-state index in [-0.39, 0.29) is 42.2 Å². The second-order valence-corrected chi connectivity index (χ2v) is 9.40. The van der Waals surface area contributed by atoms with Gasteiger partial charge in [-0.3, -0.25) is 4.79 Å². The van der Waals surface area contributed by atoms with Crippen molar-refractivity contribution in [2.75, 3.05) is 43.7 Å². The smallest absolute Gasteiger partial charge is 0.223 e. The molecule has 1 heterocycles. The van der Waals surface area contributed by atoms with Gasteiger partial charge in [0, 0.05) is 38.9 Å². The van der Waals surface area contributed by atoms with Crippen LogP contribution in [0.1, 0.15) is 6.42 Å². The molecule has 0 aromatic rings. The minimum atomic E-state index is -3.11. The standard InChI is InChI=1S/C10H20N2O5S2/c1-12(4-6-18(2,14)15)10(13)7-9-8-19(16,17)5-3-11-9/h9,11H,3-8H2,1-2H3. The number of hydrogen-bond acceptors (Lipinski definition) is 6. The van der Waals surface area contributed by atoms with Crippen LogP contribution in [0.4, 0.5) is 0 Å². The van der Waals surface area contributed by atoms with Crippen LogP contribution in [-0.2, 0) is 24.5 Å². The number of carbonyl (C=O) groups excluding carboxylic acids is 1. The number of hydrogen-bond donors (Lipinski definition) is 1. The van der Waals surface area contributed by atoms with E-state index in [2.05, 4.69) is 5.32 Å². The molecule has 19 heavy (non-hydrogen) atoms. The van der Waals surface area contributed by atoms with Crippen molar-refractivity contribution in [3.63, 3.8) is 0 Å². The number of nitrogens with zero attached hydrogens (tertiary/aromatic N) is 1. The second-order valence-electron chi connectivity index (χ2n) is 4.91. The van der Waals surface area contributed by atoms with Gasteiger partial charge in [-0.05, 0) is 0 Å². The van der Waals surface area contributed by atoms with Gasteiger partial charge in [0.1, 0.15) is 9.84 Å². The van der Waals surface area contributed by atoms with Gasteiger partial charge >= 0.3 is 0 Å². The van der Waals surface area contributed by atoms with Gasteiger partial charge in [-0.25, -0.2) is 16.8 Å². The molecule has 1 aliphatic rings. The van der Waals surface area contributed by atoms with E-state index in [0.29, 0.717) is 6.54 Å². The number of amides is 1. The Hall–Kier alpha value is -0.670. The van der Waals surface area contributed by atoms with E-state index in [4.69, 9.17) is 0 Å². The van der Waals surface area contributed by atoms with Gasteiger partial charge in [0.05, 0.1) is 17.3 Å². The van der Waals surface area contributed by atoms with E-state index in [9.17, 15) is 21.6 Å². The molecule has 1 atom stereocenters. The molecular formula is C10H20N2O5S2. The summed E-state index contributed by atoms with van der Waals surface area (Å²) >= 11 is 0. The lowest BCUT2D eigenvalue weighted by Gasteiger charge is -2.25. The fourth-order valence-corrected chi connectivity index (χ4v) is 3.84. The number of rotatable bonds is 5. The molecule has 1 N–H and O–H groups in total. The Kier molecular flexibility index (Phi) is 5.34. The van der Waals surface area contributed by atoms with Crippen molar-refractivity contribution in [1.82, 2.24) is 10.2 Å². The fourth-order valence-electron chi connectivity index (χ4n) is 1.79. The summed E-state index contributed by atoms with van der Waals surface area (Å²) in [7, 11) is -4.66. The first-order valence-electron chi connectivity index (χ1n) is 5.94. The van der Waals surface area contributed by atoms with Gasteiger partial charge in [0.2, 0.25) is 5.91 Å². The SMILES string of the molecule is CN(CCS(C)(=O)=O)C(=O)CC1CS(=O)(=O)CCN1. The first-order valence-corrected chi connectivity index (χ1v) is 9.83. The first kappa shape index (κ1) is 16.4. The molecule has 112 valence electrons. The molecule has 1 aliphatic heterocycles. The largest absolute Gasteiger partial charge is 0.345 e. The average Bonchev–Trinajstić information content (AvgIpc) is 2.23. The van der Waals surface area contributed by atoms with Gasteiger partial charge in [0.25, 0.3) is 0 Å². The number of sulfone groups is 2. The zero-order valence-corrected chi connectivity index (χ0v) is 12.8. The zero-order chi connectivity index (χ0) is 14.7. The van der Waals surface area contributed by atoms with E-state index < -0.39 is 19.7 Å². The summed E-state index contributed by atoms with van der Waals surface area (Å²) < 4.78 is 44.9.